The van der Waals surface area contributed by atoms with Crippen LogP contribution in [0.5, 0.6) is 23.1 Å². The fourth-order valence-electron chi connectivity index (χ4n) is 5.01. The van der Waals surface area contributed by atoms with Crippen LogP contribution in [0.1, 0.15) is 40.7 Å². The number of carbonyl (C=O) groups is 2. The van der Waals surface area contributed by atoms with Crippen LogP contribution in [0.15, 0.2) is 42.6 Å². The van der Waals surface area contributed by atoms with Gasteiger partial charge < -0.3 is 34.5 Å². The zero-order valence-electron chi connectivity index (χ0n) is 22.9. The first-order chi connectivity index (χ1) is 19.5. The third-order valence-corrected chi connectivity index (χ3v) is 7.12. The summed E-state index contributed by atoms with van der Waals surface area (Å²) in [5, 5.41) is 5.68. The summed E-state index contributed by atoms with van der Waals surface area (Å²) < 4.78 is 22.5. The van der Waals surface area contributed by atoms with Gasteiger partial charge in [-0.3, -0.25) is 9.59 Å². The van der Waals surface area contributed by atoms with E-state index < -0.39 is 11.9 Å². The summed E-state index contributed by atoms with van der Waals surface area (Å²) in [6, 6.07) is 10.6. The first-order valence-electron chi connectivity index (χ1n) is 13.2. The molecule has 1 fully saturated rings. The van der Waals surface area contributed by atoms with Crippen LogP contribution in [0, 0.1) is 0 Å². The Hall–Kier alpha value is -4.54. The van der Waals surface area contributed by atoms with Crippen molar-refractivity contribution >= 4 is 23.5 Å². The predicted octanol–water partition coefficient (Wildman–Crippen LogP) is 3.17. The van der Waals surface area contributed by atoms with Gasteiger partial charge in [0.15, 0.2) is 0 Å². The van der Waals surface area contributed by atoms with Gasteiger partial charge in [0.05, 0.1) is 27.0 Å². The number of benzene rings is 2. The van der Waals surface area contributed by atoms with E-state index in [9.17, 15) is 9.59 Å². The number of nitrogens with one attached hydrogen (secondary N) is 2. The van der Waals surface area contributed by atoms with E-state index in [2.05, 4.69) is 15.6 Å². The van der Waals surface area contributed by atoms with Gasteiger partial charge in [-0.05, 0) is 56.0 Å². The van der Waals surface area contributed by atoms with Gasteiger partial charge in [0.2, 0.25) is 17.7 Å². The quantitative estimate of drug-likeness (QED) is 0.416. The van der Waals surface area contributed by atoms with Crippen molar-refractivity contribution in [3.8, 4) is 23.1 Å². The largest absolute Gasteiger partial charge is 0.497 e. The smallest absolute Gasteiger partial charge is 0.259 e. The van der Waals surface area contributed by atoms with Crippen LogP contribution in [-0.2, 0) is 17.8 Å². The molecule has 2 aliphatic rings. The molecule has 40 heavy (non-hydrogen) atoms. The number of rotatable bonds is 9. The standard InChI is InChI=1S/C29H33N5O6/c1-37-19-10-11-24(38-2)18(15-19)17-40-28-21(26(35)32-22-7-4-5-13-30-27(22)36)16-31-29(33-28)34-14-12-20-23(34)8-6-9-25(20)39-3/h6,8-11,15-16,22H,4-5,7,12-14,17H2,1-3H3,(H,30,36)(H,32,35). The summed E-state index contributed by atoms with van der Waals surface area (Å²) in [6.45, 7) is 1.31. The van der Waals surface area contributed by atoms with Crippen molar-refractivity contribution in [2.75, 3.05) is 39.3 Å². The molecule has 0 saturated carbocycles. The zero-order valence-corrected chi connectivity index (χ0v) is 22.9. The number of hydrogen-bond acceptors (Lipinski definition) is 9. The maximum absolute atomic E-state index is 13.4. The summed E-state index contributed by atoms with van der Waals surface area (Å²) in [5.41, 5.74) is 2.85. The predicted molar refractivity (Wildman–Crippen MR) is 148 cm³/mol. The molecule has 1 unspecified atom stereocenters. The number of nitrogens with zero attached hydrogens (tertiary/aromatic N) is 3. The van der Waals surface area contributed by atoms with Crippen LogP contribution in [0.2, 0.25) is 0 Å². The van der Waals surface area contributed by atoms with E-state index in [4.69, 9.17) is 23.9 Å². The van der Waals surface area contributed by atoms with Crippen molar-refractivity contribution in [2.24, 2.45) is 0 Å². The fourth-order valence-corrected chi connectivity index (χ4v) is 5.01. The highest BCUT2D eigenvalue weighted by molar-refractivity contribution is 5.99. The average Bonchev–Trinajstić information content (AvgIpc) is 3.33. The van der Waals surface area contributed by atoms with Gasteiger partial charge in [-0.1, -0.05) is 6.07 Å². The monoisotopic (exact) mass is 547 g/mol. The van der Waals surface area contributed by atoms with Gasteiger partial charge in [-0.25, -0.2) is 4.98 Å². The lowest BCUT2D eigenvalue weighted by atomic mass is 10.1. The van der Waals surface area contributed by atoms with Gasteiger partial charge in [-0.2, -0.15) is 4.98 Å². The maximum atomic E-state index is 13.4. The summed E-state index contributed by atoms with van der Waals surface area (Å²) in [6.07, 6.45) is 4.46. The average molecular weight is 548 g/mol. The van der Waals surface area contributed by atoms with Gasteiger partial charge in [0.1, 0.15) is 35.5 Å². The van der Waals surface area contributed by atoms with Crippen LogP contribution < -0.4 is 34.5 Å². The van der Waals surface area contributed by atoms with E-state index in [0.717, 1.165) is 36.3 Å². The zero-order chi connectivity index (χ0) is 28.1. The number of amides is 2. The number of anilines is 2. The summed E-state index contributed by atoms with van der Waals surface area (Å²) in [7, 11) is 4.80. The third-order valence-electron chi connectivity index (χ3n) is 7.12. The Balaban J connectivity index is 1.47. The van der Waals surface area contributed by atoms with Gasteiger partial charge in [0.25, 0.3) is 5.91 Å². The van der Waals surface area contributed by atoms with E-state index in [0.29, 0.717) is 42.5 Å². The minimum Gasteiger partial charge on any atom is -0.497 e. The van der Waals surface area contributed by atoms with Crippen molar-refractivity contribution in [3.63, 3.8) is 0 Å². The Bertz CT molecular complexity index is 1400. The van der Waals surface area contributed by atoms with Gasteiger partial charge in [0, 0.05) is 30.4 Å². The second-order valence-corrected chi connectivity index (χ2v) is 9.53. The van der Waals surface area contributed by atoms with Crippen molar-refractivity contribution in [2.45, 2.75) is 38.3 Å². The Morgan fingerprint density at radius 3 is 2.75 bits per heavy atom. The number of hydrogen-bond donors (Lipinski definition) is 2. The lowest BCUT2D eigenvalue weighted by Gasteiger charge is -2.20. The molecule has 210 valence electrons. The van der Waals surface area contributed by atoms with Gasteiger partial charge >= 0.3 is 0 Å². The second kappa shape index (κ2) is 12.1. The molecule has 3 heterocycles. The summed E-state index contributed by atoms with van der Waals surface area (Å²) >= 11 is 0. The molecule has 1 saturated heterocycles. The fraction of sp³-hybridized carbons (Fsp3) is 0.379. The molecule has 3 aromatic rings. The third kappa shape index (κ3) is 5.58. The molecule has 2 aromatic carbocycles. The first kappa shape index (κ1) is 27.0. The van der Waals surface area contributed by atoms with E-state index in [1.165, 1.54) is 6.20 Å². The highest BCUT2D eigenvalue weighted by Crippen LogP contribution is 2.38. The van der Waals surface area contributed by atoms with E-state index in [1.807, 2.05) is 23.1 Å². The highest BCUT2D eigenvalue weighted by Gasteiger charge is 2.29. The van der Waals surface area contributed by atoms with E-state index in [1.54, 1.807) is 39.5 Å². The van der Waals surface area contributed by atoms with Crippen molar-refractivity contribution in [1.29, 1.82) is 0 Å². The number of ether oxygens (including phenoxy) is 4. The normalized spacial score (nSPS) is 16.4. The SMILES string of the molecule is COc1ccc(OC)c(COc2nc(N3CCc4c(OC)cccc43)ncc2C(=O)NC2CCCCNC2=O)c1. The summed E-state index contributed by atoms with van der Waals surface area (Å²) in [4.78, 5) is 37.1. The summed E-state index contributed by atoms with van der Waals surface area (Å²) in [5.74, 6) is 1.86. The van der Waals surface area contributed by atoms with Crippen molar-refractivity contribution < 1.29 is 28.5 Å². The van der Waals surface area contributed by atoms with Crippen LogP contribution in [-0.4, -0.2) is 62.2 Å². The molecule has 2 aliphatic heterocycles. The number of aromatic nitrogens is 2. The lowest BCUT2D eigenvalue weighted by Crippen LogP contribution is -2.45. The molecule has 2 amide bonds. The Morgan fingerprint density at radius 1 is 1.10 bits per heavy atom. The van der Waals surface area contributed by atoms with E-state index in [-0.39, 0.29) is 24.0 Å². The molecule has 11 heteroatoms. The lowest BCUT2D eigenvalue weighted by molar-refractivity contribution is -0.122. The molecule has 2 N–H and O–H groups in total. The second-order valence-electron chi connectivity index (χ2n) is 9.53. The molecular formula is C29H33N5O6. The van der Waals surface area contributed by atoms with Crippen molar-refractivity contribution in [3.05, 3.63) is 59.3 Å². The molecule has 0 spiro atoms. The molecule has 1 aromatic heterocycles. The molecular weight excluding hydrogens is 514 g/mol. The molecule has 11 nitrogen and oxygen atoms in total. The first-order valence-corrected chi connectivity index (χ1v) is 13.2. The van der Waals surface area contributed by atoms with Crippen molar-refractivity contribution in [1.82, 2.24) is 20.6 Å². The van der Waals surface area contributed by atoms with Crippen LogP contribution in [0.25, 0.3) is 0 Å². The van der Waals surface area contributed by atoms with Crippen LogP contribution >= 0.6 is 0 Å². The number of carbonyl (C=O) groups excluding carboxylic acids is 2. The van der Waals surface area contributed by atoms with Crippen LogP contribution in [0.3, 0.4) is 0 Å². The van der Waals surface area contributed by atoms with E-state index >= 15 is 0 Å². The van der Waals surface area contributed by atoms with Gasteiger partial charge in [-0.15, -0.1) is 0 Å². The highest BCUT2D eigenvalue weighted by atomic mass is 16.5. The molecule has 1 atom stereocenters. The number of methoxy groups -OCH3 is 3. The van der Waals surface area contributed by atoms with Crippen LogP contribution in [0.4, 0.5) is 11.6 Å². The number of fused-ring (bicyclic) bond motifs is 1. The Morgan fingerprint density at radius 2 is 1.95 bits per heavy atom. The molecule has 0 bridgehead atoms. The Labute approximate surface area is 232 Å². The minimum absolute atomic E-state index is 0.0609. The Kier molecular flexibility index (Phi) is 8.18. The maximum Gasteiger partial charge on any atom is 0.259 e. The minimum atomic E-state index is -0.640. The topological polar surface area (TPSA) is 124 Å². The molecule has 0 radical (unpaired) electrons. The molecule has 5 rings (SSSR count). The molecule has 0 aliphatic carbocycles.